The Hall–Kier alpha value is -3.28. The van der Waals surface area contributed by atoms with Gasteiger partial charge in [-0.1, -0.05) is 12.1 Å². The van der Waals surface area contributed by atoms with Crippen molar-refractivity contribution in [3.05, 3.63) is 64.7 Å². The van der Waals surface area contributed by atoms with Crippen LogP contribution in [-0.4, -0.2) is 26.7 Å². The zero-order valence-corrected chi connectivity index (χ0v) is 13.9. The molecule has 0 aliphatic carbocycles. The van der Waals surface area contributed by atoms with Gasteiger partial charge in [0.15, 0.2) is 0 Å². The number of carbonyl (C=O) groups excluding carboxylic acids is 1. The number of benzene rings is 2. The minimum Gasteiger partial charge on any atom is -0.461 e. The molecule has 126 valence electrons. The maximum Gasteiger partial charge on any atom is 0.354 e. The highest BCUT2D eigenvalue weighted by molar-refractivity contribution is 5.96. The molecule has 0 amide bonds. The predicted octanol–water partition coefficient (Wildman–Crippen LogP) is 2.99. The van der Waals surface area contributed by atoms with Gasteiger partial charge in [0.25, 0.3) is 0 Å². The van der Waals surface area contributed by atoms with Crippen LogP contribution in [0.5, 0.6) is 0 Å². The topological polar surface area (TPSA) is 69.0 Å². The number of ether oxygens (including phenoxy) is 1. The normalized spacial score (nSPS) is 11.3. The second-order valence-corrected chi connectivity index (χ2v) is 5.83. The van der Waals surface area contributed by atoms with Crippen LogP contribution < -0.4 is 5.69 Å². The lowest BCUT2D eigenvalue weighted by atomic mass is 10.2. The molecule has 6 nitrogen and oxygen atoms in total. The first-order valence-corrected chi connectivity index (χ1v) is 8.07. The lowest BCUT2D eigenvalue weighted by Crippen LogP contribution is -2.14. The van der Waals surface area contributed by atoms with Gasteiger partial charge in [-0.15, -0.1) is 0 Å². The Bertz CT molecular complexity index is 1160. The largest absolute Gasteiger partial charge is 0.461 e. The summed E-state index contributed by atoms with van der Waals surface area (Å²) in [5, 5.41) is 0.875. The Balaban J connectivity index is 1.91. The fourth-order valence-corrected chi connectivity index (χ4v) is 3.19. The number of rotatable bonds is 3. The highest BCUT2D eigenvalue weighted by Gasteiger charge is 2.15. The van der Waals surface area contributed by atoms with Crippen molar-refractivity contribution in [3.63, 3.8) is 0 Å². The first kappa shape index (κ1) is 15.3. The second-order valence-electron chi connectivity index (χ2n) is 5.83. The van der Waals surface area contributed by atoms with E-state index in [9.17, 15) is 9.59 Å². The second kappa shape index (κ2) is 5.66. The van der Waals surface area contributed by atoms with Gasteiger partial charge in [0.2, 0.25) is 0 Å². The monoisotopic (exact) mass is 335 g/mol. The molecule has 2 heterocycles. The average Bonchev–Trinajstić information content (AvgIpc) is 3.11. The number of esters is 1. The zero-order valence-electron chi connectivity index (χ0n) is 13.9. The van der Waals surface area contributed by atoms with Crippen molar-refractivity contribution in [2.45, 2.75) is 6.92 Å². The molecule has 0 aliphatic heterocycles. The molecule has 2 aromatic carbocycles. The number of aryl methyl sites for hydroxylation is 1. The lowest BCUT2D eigenvalue weighted by molar-refractivity contribution is 0.0516. The molecule has 0 saturated heterocycles. The molecule has 1 N–H and O–H groups in total. The van der Waals surface area contributed by atoms with Gasteiger partial charge >= 0.3 is 11.7 Å². The third kappa shape index (κ3) is 2.34. The van der Waals surface area contributed by atoms with E-state index in [4.69, 9.17) is 4.74 Å². The number of para-hydroxylation sites is 2. The van der Waals surface area contributed by atoms with Gasteiger partial charge in [-0.25, -0.2) is 9.59 Å². The molecule has 0 spiro atoms. The first-order chi connectivity index (χ1) is 12.1. The number of nitrogens with zero attached hydrogens (tertiary/aromatic N) is 2. The lowest BCUT2D eigenvalue weighted by Gasteiger charge is -2.05. The van der Waals surface area contributed by atoms with Crippen LogP contribution in [0.25, 0.3) is 27.6 Å². The minimum atomic E-state index is -0.355. The molecule has 0 saturated carbocycles. The summed E-state index contributed by atoms with van der Waals surface area (Å²) in [6.07, 6.45) is 0. The highest BCUT2D eigenvalue weighted by Crippen LogP contribution is 2.24. The molecule has 0 aliphatic rings. The van der Waals surface area contributed by atoms with Crippen molar-refractivity contribution in [2.75, 3.05) is 6.61 Å². The molecule has 0 unspecified atom stereocenters. The minimum absolute atomic E-state index is 0.193. The number of hydrogen-bond acceptors (Lipinski definition) is 3. The maximum absolute atomic E-state index is 12.4. The molecule has 0 radical (unpaired) electrons. The van der Waals surface area contributed by atoms with Crippen LogP contribution in [0.3, 0.4) is 0 Å². The van der Waals surface area contributed by atoms with Crippen molar-refractivity contribution < 1.29 is 9.53 Å². The van der Waals surface area contributed by atoms with Crippen molar-refractivity contribution in [3.8, 4) is 5.69 Å². The summed E-state index contributed by atoms with van der Waals surface area (Å²) in [5.74, 6) is -0.355. The quantitative estimate of drug-likeness (QED) is 0.585. The predicted molar refractivity (Wildman–Crippen MR) is 96.3 cm³/mol. The summed E-state index contributed by atoms with van der Waals surface area (Å²) in [5.41, 5.74) is 3.54. The molecule has 0 bridgehead atoms. The molecule has 0 fully saturated rings. The molecular formula is C19H17N3O3. The molecule has 4 aromatic rings. The SMILES string of the molecule is CCOC(=O)c1cc2cc(-n3c(=O)[nH]c4ccccc43)ccc2n1C. The number of aromatic amines is 1. The molecular weight excluding hydrogens is 318 g/mol. The van der Waals surface area contributed by atoms with Gasteiger partial charge in [-0.3, -0.25) is 4.57 Å². The van der Waals surface area contributed by atoms with Crippen LogP contribution in [0.15, 0.2) is 53.3 Å². The van der Waals surface area contributed by atoms with Gasteiger partial charge in [0.1, 0.15) is 5.69 Å². The fraction of sp³-hybridized carbons (Fsp3) is 0.158. The Morgan fingerprint density at radius 2 is 1.92 bits per heavy atom. The number of aromatic nitrogens is 3. The Labute approximate surface area is 143 Å². The summed E-state index contributed by atoms with van der Waals surface area (Å²) in [4.78, 5) is 27.3. The van der Waals surface area contributed by atoms with E-state index >= 15 is 0 Å². The van der Waals surface area contributed by atoms with E-state index in [0.717, 1.165) is 27.6 Å². The number of fused-ring (bicyclic) bond motifs is 2. The Morgan fingerprint density at radius 1 is 1.12 bits per heavy atom. The Kier molecular flexibility index (Phi) is 3.46. The van der Waals surface area contributed by atoms with E-state index in [1.807, 2.05) is 49.5 Å². The van der Waals surface area contributed by atoms with Gasteiger partial charge in [-0.2, -0.15) is 0 Å². The maximum atomic E-state index is 12.4. The molecule has 2 aromatic heterocycles. The zero-order chi connectivity index (χ0) is 17.6. The molecule has 4 rings (SSSR count). The smallest absolute Gasteiger partial charge is 0.354 e. The Morgan fingerprint density at radius 3 is 2.72 bits per heavy atom. The van der Waals surface area contributed by atoms with E-state index in [2.05, 4.69) is 4.98 Å². The van der Waals surface area contributed by atoms with E-state index < -0.39 is 0 Å². The van der Waals surface area contributed by atoms with Gasteiger partial charge in [-0.05, 0) is 43.3 Å². The van der Waals surface area contributed by atoms with Gasteiger partial charge in [0, 0.05) is 18.0 Å². The fourth-order valence-electron chi connectivity index (χ4n) is 3.19. The highest BCUT2D eigenvalue weighted by atomic mass is 16.5. The first-order valence-electron chi connectivity index (χ1n) is 8.07. The van der Waals surface area contributed by atoms with Crippen molar-refractivity contribution in [1.29, 1.82) is 0 Å². The third-order valence-electron chi connectivity index (χ3n) is 4.36. The van der Waals surface area contributed by atoms with E-state index in [1.165, 1.54) is 0 Å². The van der Waals surface area contributed by atoms with E-state index in [1.54, 1.807) is 22.1 Å². The third-order valence-corrected chi connectivity index (χ3v) is 4.36. The van der Waals surface area contributed by atoms with Crippen molar-refractivity contribution in [1.82, 2.24) is 14.1 Å². The molecule has 6 heteroatoms. The van der Waals surface area contributed by atoms with Gasteiger partial charge in [0.05, 0.1) is 23.3 Å². The van der Waals surface area contributed by atoms with Crippen molar-refractivity contribution in [2.24, 2.45) is 7.05 Å². The number of imidazole rings is 1. The number of nitrogens with one attached hydrogen (secondary N) is 1. The summed E-state index contributed by atoms with van der Waals surface area (Å²) in [6, 6.07) is 15.0. The standard InChI is InChI=1S/C19H17N3O3/c1-3-25-18(23)17-11-12-10-13(8-9-15(12)21(17)2)22-16-7-5-4-6-14(16)20-19(22)24/h4-11H,3H2,1-2H3,(H,20,24). The summed E-state index contributed by atoms with van der Waals surface area (Å²) >= 11 is 0. The summed E-state index contributed by atoms with van der Waals surface area (Å²) in [7, 11) is 1.83. The summed E-state index contributed by atoms with van der Waals surface area (Å²) < 4.78 is 8.53. The van der Waals surface area contributed by atoms with Crippen LogP contribution >= 0.6 is 0 Å². The molecule has 25 heavy (non-hydrogen) atoms. The van der Waals surface area contributed by atoms with Crippen LogP contribution in [0, 0.1) is 0 Å². The number of carbonyl (C=O) groups is 1. The van der Waals surface area contributed by atoms with Crippen LogP contribution in [0.2, 0.25) is 0 Å². The average molecular weight is 335 g/mol. The van der Waals surface area contributed by atoms with Crippen molar-refractivity contribution >= 4 is 27.9 Å². The number of hydrogen-bond donors (Lipinski definition) is 1. The van der Waals surface area contributed by atoms with Gasteiger partial charge < -0.3 is 14.3 Å². The molecule has 0 atom stereocenters. The van der Waals surface area contributed by atoms with Crippen LogP contribution in [0.1, 0.15) is 17.4 Å². The van der Waals surface area contributed by atoms with E-state index in [0.29, 0.717) is 12.3 Å². The van der Waals surface area contributed by atoms with E-state index in [-0.39, 0.29) is 11.7 Å². The van der Waals surface area contributed by atoms with Crippen LogP contribution in [-0.2, 0) is 11.8 Å². The summed E-state index contributed by atoms with van der Waals surface area (Å²) in [6.45, 7) is 2.11. The number of H-pyrrole nitrogens is 1. The van der Waals surface area contributed by atoms with Crippen LogP contribution in [0.4, 0.5) is 0 Å².